The second-order valence-electron chi connectivity index (χ2n) is 5.49. The van der Waals surface area contributed by atoms with Gasteiger partial charge < -0.3 is 9.84 Å². The van der Waals surface area contributed by atoms with Crippen molar-refractivity contribution >= 4 is 0 Å². The van der Waals surface area contributed by atoms with E-state index in [0.717, 1.165) is 29.8 Å². The van der Waals surface area contributed by atoms with Crippen LogP contribution in [0.5, 0.6) is 5.75 Å². The van der Waals surface area contributed by atoms with Gasteiger partial charge in [-0.15, -0.1) is 0 Å². The Kier molecular flexibility index (Phi) is 4.83. The molecule has 0 spiro atoms. The highest BCUT2D eigenvalue weighted by Crippen LogP contribution is 2.31. The Hall–Kier alpha value is -1.06. The Bertz CT molecular complexity index is 415. The average molecular weight is 263 g/mol. The first-order chi connectivity index (χ1) is 9.15. The van der Waals surface area contributed by atoms with Crippen LogP contribution in [0.15, 0.2) is 18.2 Å². The number of aliphatic hydroxyl groups excluding tert-OH is 1. The summed E-state index contributed by atoms with van der Waals surface area (Å²) in [5.74, 6) is 0.783. The molecular weight excluding hydrogens is 238 g/mol. The van der Waals surface area contributed by atoms with E-state index in [-0.39, 0.29) is 0 Å². The van der Waals surface area contributed by atoms with E-state index >= 15 is 0 Å². The molecule has 1 aliphatic rings. The summed E-state index contributed by atoms with van der Waals surface area (Å²) in [4.78, 5) is 2.41. The summed E-state index contributed by atoms with van der Waals surface area (Å²) in [6.45, 7) is 6.00. The molecule has 0 radical (unpaired) electrons. The van der Waals surface area contributed by atoms with Gasteiger partial charge in [0.05, 0.1) is 13.2 Å². The highest BCUT2D eigenvalue weighted by molar-refractivity contribution is 5.38. The lowest BCUT2D eigenvalue weighted by Crippen LogP contribution is -2.31. The van der Waals surface area contributed by atoms with Crippen molar-refractivity contribution in [3.63, 3.8) is 0 Å². The molecule has 0 bridgehead atoms. The van der Waals surface area contributed by atoms with Gasteiger partial charge in [-0.2, -0.15) is 0 Å². The maximum absolute atomic E-state index is 10.5. The first-order valence-corrected chi connectivity index (χ1v) is 7.22. The van der Waals surface area contributed by atoms with Gasteiger partial charge in [0.2, 0.25) is 0 Å². The van der Waals surface area contributed by atoms with Crippen LogP contribution in [0.3, 0.4) is 0 Å². The van der Waals surface area contributed by atoms with Gasteiger partial charge >= 0.3 is 0 Å². The van der Waals surface area contributed by atoms with Crippen LogP contribution in [0.25, 0.3) is 0 Å². The second-order valence-corrected chi connectivity index (χ2v) is 5.49. The van der Waals surface area contributed by atoms with Gasteiger partial charge in [0.25, 0.3) is 0 Å². The molecule has 19 heavy (non-hydrogen) atoms. The van der Waals surface area contributed by atoms with E-state index in [1.165, 1.54) is 12.8 Å². The molecule has 1 aromatic rings. The number of nitrogens with zero attached hydrogens (tertiary/aromatic N) is 1. The summed E-state index contributed by atoms with van der Waals surface area (Å²) in [5.41, 5.74) is 2.06. The van der Waals surface area contributed by atoms with Crippen molar-refractivity contribution in [2.24, 2.45) is 0 Å². The van der Waals surface area contributed by atoms with Crippen LogP contribution in [-0.2, 0) is 0 Å². The smallest absolute Gasteiger partial charge is 0.124 e. The van der Waals surface area contributed by atoms with Crippen LogP contribution in [-0.4, -0.2) is 36.2 Å². The average Bonchev–Trinajstić information content (AvgIpc) is 3.22. The van der Waals surface area contributed by atoms with E-state index in [0.29, 0.717) is 12.6 Å². The molecule has 1 fully saturated rings. The first-order valence-electron chi connectivity index (χ1n) is 7.22. The SMILES string of the molecule is CCCN(CC(O)c1cc(C)ccc1OC)C1CC1. The van der Waals surface area contributed by atoms with Gasteiger partial charge in [-0.25, -0.2) is 0 Å². The number of ether oxygens (including phenoxy) is 1. The lowest BCUT2D eigenvalue weighted by molar-refractivity contribution is 0.106. The molecule has 1 N–H and O–H groups in total. The molecule has 1 atom stereocenters. The quantitative estimate of drug-likeness (QED) is 0.821. The van der Waals surface area contributed by atoms with Gasteiger partial charge in [-0.3, -0.25) is 4.90 Å². The third-order valence-electron chi connectivity index (χ3n) is 3.73. The number of benzene rings is 1. The van der Waals surface area contributed by atoms with Crippen molar-refractivity contribution in [1.82, 2.24) is 4.90 Å². The fourth-order valence-corrected chi connectivity index (χ4v) is 2.58. The van der Waals surface area contributed by atoms with Gasteiger partial charge in [0.15, 0.2) is 0 Å². The summed E-state index contributed by atoms with van der Waals surface area (Å²) in [5, 5.41) is 10.5. The lowest BCUT2D eigenvalue weighted by Gasteiger charge is -2.25. The molecule has 0 amide bonds. The van der Waals surface area contributed by atoms with Crippen molar-refractivity contribution in [3.8, 4) is 5.75 Å². The number of aliphatic hydroxyl groups is 1. The van der Waals surface area contributed by atoms with Crippen LogP contribution in [0.4, 0.5) is 0 Å². The van der Waals surface area contributed by atoms with Gasteiger partial charge in [0, 0.05) is 18.2 Å². The molecule has 0 saturated heterocycles. The predicted octanol–water partition coefficient (Wildman–Crippen LogP) is 2.91. The zero-order valence-corrected chi connectivity index (χ0v) is 12.2. The van der Waals surface area contributed by atoms with Gasteiger partial charge in [0.1, 0.15) is 5.75 Å². The molecule has 1 saturated carbocycles. The number of hydrogen-bond acceptors (Lipinski definition) is 3. The van der Waals surface area contributed by atoms with Crippen LogP contribution >= 0.6 is 0 Å². The summed E-state index contributed by atoms with van der Waals surface area (Å²) in [6, 6.07) is 6.67. The van der Waals surface area contributed by atoms with Crippen molar-refractivity contribution in [1.29, 1.82) is 0 Å². The zero-order chi connectivity index (χ0) is 13.8. The van der Waals surface area contributed by atoms with Crippen molar-refractivity contribution in [2.45, 2.75) is 45.3 Å². The maximum atomic E-state index is 10.5. The topological polar surface area (TPSA) is 32.7 Å². The van der Waals surface area contributed by atoms with E-state index in [1.54, 1.807) is 7.11 Å². The fraction of sp³-hybridized carbons (Fsp3) is 0.625. The third kappa shape index (κ3) is 3.71. The van der Waals surface area contributed by atoms with Crippen LogP contribution < -0.4 is 4.74 Å². The Morgan fingerprint density at radius 1 is 1.42 bits per heavy atom. The van der Waals surface area contributed by atoms with E-state index < -0.39 is 6.10 Å². The minimum atomic E-state index is -0.470. The van der Waals surface area contributed by atoms with E-state index in [2.05, 4.69) is 11.8 Å². The van der Waals surface area contributed by atoms with E-state index in [4.69, 9.17) is 4.74 Å². The minimum absolute atomic E-state index is 0.470. The minimum Gasteiger partial charge on any atom is -0.496 e. The normalized spacial score (nSPS) is 16.7. The fourth-order valence-electron chi connectivity index (χ4n) is 2.58. The zero-order valence-electron chi connectivity index (χ0n) is 12.2. The van der Waals surface area contributed by atoms with Gasteiger partial charge in [-0.05, 0) is 44.9 Å². The molecule has 2 rings (SSSR count). The van der Waals surface area contributed by atoms with Crippen molar-refractivity contribution in [2.75, 3.05) is 20.2 Å². The number of rotatable bonds is 7. The Morgan fingerprint density at radius 2 is 2.16 bits per heavy atom. The van der Waals surface area contributed by atoms with Crippen LogP contribution in [0.1, 0.15) is 43.4 Å². The number of hydrogen-bond donors (Lipinski definition) is 1. The molecule has 1 unspecified atom stereocenters. The molecule has 0 heterocycles. The monoisotopic (exact) mass is 263 g/mol. The molecule has 3 nitrogen and oxygen atoms in total. The molecule has 1 aliphatic carbocycles. The third-order valence-corrected chi connectivity index (χ3v) is 3.73. The standard InChI is InChI=1S/C16H25NO2/c1-4-9-17(13-6-7-13)11-15(18)14-10-12(2)5-8-16(14)19-3/h5,8,10,13,15,18H,4,6-7,9,11H2,1-3H3. The first kappa shape index (κ1) is 14.4. The second kappa shape index (κ2) is 6.40. The molecular formula is C16H25NO2. The maximum Gasteiger partial charge on any atom is 0.124 e. The molecule has 1 aromatic carbocycles. The molecule has 3 heteroatoms. The van der Waals surface area contributed by atoms with E-state index in [9.17, 15) is 5.11 Å². The molecule has 0 aromatic heterocycles. The lowest BCUT2D eigenvalue weighted by atomic mass is 10.0. The highest BCUT2D eigenvalue weighted by Gasteiger charge is 2.30. The Labute approximate surface area is 116 Å². The van der Waals surface area contributed by atoms with Crippen molar-refractivity contribution < 1.29 is 9.84 Å². The number of methoxy groups -OCH3 is 1. The van der Waals surface area contributed by atoms with Crippen molar-refractivity contribution in [3.05, 3.63) is 29.3 Å². The Morgan fingerprint density at radius 3 is 2.74 bits per heavy atom. The van der Waals surface area contributed by atoms with Crippen LogP contribution in [0.2, 0.25) is 0 Å². The Balaban J connectivity index is 2.09. The van der Waals surface area contributed by atoms with Crippen LogP contribution in [0, 0.1) is 6.92 Å². The molecule has 106 valence electrons. The highest BCUT2D eigenvalue weighted by atomic mass is 16.5. The summed E-state index contributed by atoms with van der Waals surface area (Å²) in [6.07, 6.45) is 3.21. The molecule has 0 aliphatic heterocycles. The summed E-state index contributed by atoms with van der Waals surface area (Å²) >= 11 is 0. The summed E-state index contributed by atoms with van der Waals surface area (Å²) < 4.78 is 5.36. The largest absolute Gasteiger partial charge is 0.496 e. The predicted molar refractivity (Wildman–Crippen MR) is 77.6 cm³/mol. The van der Waals surface area contributed by atoms with E-state index in [1.807, 2.05) is 25.1 Å². The number of aryl methyl sites for hydroxylation is 1. The summed E-state index contributed by atoms with van der Waals surface area (Å²) in [7, 11) is 1.66. The van der Waals surface area contributed by atoms with Gasteiger partial charge in [-0.1, -0.05) is 18.6 Å².